The van der Waals surface area contributed by atoms with E-state index in [2.05, 4.69) is 15.6 Å². The highest BCUT2D eigenvalue weighted by molar-refractivity contribution is 5.88. The van der Waals surface area contributed by atoms with Gasteiger partial charge in [-0.25, -0.2) is 4.98 Å². The molecule has 1 saturated heterocycles. The molecule has 2 rings (SSSR count). The summed E-state index contributed by atoms with van der Waals surface area (Å²) in [6, 6.07) is 1.23. The lowest BCUT2D eigenvalue weighted by molar-refractivity contribution is -0.384. The number of rotatable bonds is 4. The van der Waals surface area contributed by atoms with Gasteiger partial charge < -0.3 is 15.4 Å². The van der Waals surface area contributed by atoms with Gasteiger partial charge in [0.05, 0.1) is 35.9 Å². The Labute approximate surface area is 109 Å². The van der Waals surface area contributed by atoms with Gasteiger partial charge in [0.15, 0.2) is 0 Å². The molecule has 0 radical (unpaired) electrons. The molecule has 8 heteroatoms. The Morgan fingerprint density at radius 2 is 2.26 bits per heavy atom. The van der Waals surface area contributed by atoms with Gasteiger partial charge in [-0.15, -0.1) is 0 Å². The molecule has 0 aromatic carbocycles. The summed E-state index contributed by atoms with van der Waals surface area (Å²) in [4.78, 5) is 25.4. The van der Waals surface area contributed by atoms with Crippen LogP contribution < -0.4 is 10.6 Å². The number of nitro groups is 1. The van der Waals surface area contributed by atoms with Crippen LogP contribution in [0.1, 0.15) is 13.8 Å². The molecule has 19 heavy (non-hydrogen) atoms. The van der Waals surface area contributed by atoms with Crippen molar-refractivity contribution in [2.24, 2.45) is 0 Å². The third-order valence-electron chi connectivity index (χ3n) is 2.66. The van der Waals surface area contributed by atoms with E-state index in [9.17, 15) is 14.9 Å². The maximum Gasteiger partial charge on any atom is 0.297 e. The van der Waals surface area contributed by atoms with Crippen LogP contribution in [-0.2, 0) is 9.53 Å². The molecule has 2 heterocycles. The number of nitrogens with one attached hydrogen (secondary N) is 2. The van der Waals surface area contributed by atoms with Crippen LogP contribution in [0.4, 0.5) is 17.2 Å². The van der Waals surface area contributed by atoms with E-state index in [-0.39, 0.29) is 23.0 Å². The summed E-state index contributed by atoms with van der Waals surface area (Å²) in [5.74, 6) is -0.179. The first kappa shape index (κ1) is 13.2. The van der Waals surface area contributed by atoms with E-state index in [0.29, 0.717) is 18.9 Å². The molecule has 2 N–H and O–H groups in total. The Kier molecular flexibility index (Phi) is 3.34. The Morgan fingerprint density at radius 3 is 2.74 bits per heavy atom. The van der Waals surface area contributed by atoms with Gasteiger partial charge in [-0.2, -0.15) is 0 Å². The quantitative estimate of drug-likeness (QED) is 0.625. The zero-order valence-corrected chi connectivity index (χ0v) is 10.6. The fourth-order valence-electron chi connectivity index (χ4n) is 1.75. The maximum absolute atomic E-state index is 11.0. The number of amides is 1. The Hall–Kier alpha value is -2.22. The van der Waals surface area contributed by atoms with Crippen LogP contribution in [0, 0.1) is 10.1 Å². The van der Waals surface area contributed by atoms with E-state index in [4.69, 9.17) is 4.74 Å². The molecule has 1 aliphatic heterocycles. The monoisotopic (exact) mass is 266 g/mol. The van der Waals surface area contributed by atoms with Gasteiger partial charge in [0, 0.05) is 6.92 Å². The standard InChI is InChI=1S/C11H14N4O4/c1-7(16)13-10-3-9(15(17)18)8(4-12-10)14-11(2)5-19-6-11/h3-4,14H,5-6H2,1-2H3,(H,12,13,16). The van der Waals surface area contributed by atoms with E-state index in [1.165, 1.54) is 19.2 Å². The zero-order chi connectivity index (χ0) is 14.0. The van der Waals surface area contributed by atoms with Gasteiger partial charge in [0.25, 0.3) is 5.69 Å². The van der Waals surface area contributed by atoms with Crippen molar-refractivity contribution in [2.75, 3.05) is 23.8 Å². The SMILES string of the molecule is CC(=O)Nc1cc([N+](=O)[O-])c(NC2(C)COC2)cn1. The molecule has 8 nitrogen and oxygen atoms in total. The average molecular weight is 266 g/mol. The topological polar surface area (TPSA) is 106 Å². The highest BCUT2D eigenvalue weighted by Crippen LogP contribution is 2.30. The summed E-state index contributed by atoms with van der Waals surface area (Å²) in [5, 5.41) is 16.5. The van der Waals surface area contributed by atoms with E-state index in [1.807, 2.05) is 6.92 Å². The molecule has 102 valence electrons. The highest BCUT2D eigenvalue weighted by Gasteiger charge is 2.35. The Morgan fingerprint density at radius 1 is 1.58 bits per heavy atom. The number of hydrogen-bond donors (Lipinski definition) is 2. The van der Waals surface area contributed by atoms with Crippen molar-refractivity contribution in [3.63, 3.8) is 0 Å². The minimum atomic E-state index is -0.516. The number of carbonyl (C=O) groups excluding carboxylic acids is 1. The van der Waals surface area contributed by atoms with Crippen molar-refractivity contribution >= 4 is 23.1 Å². The number of carbonyl (C=O) groups is 1. The summed E-state index contributed by atoms with van der Waals surface area (Å²) < 4.78 is 5.08. The first-order valence-corrected chi connectivity index (χ1v) is 5.68. The smallest absolute Gasteiger partial charge is 0.297 e. The lowest BCUT2D eigenvalue weighted by Crippen LogP contribution is -2.53. The first-order chi connectivity index (χ1) is 8.89. The number of nitrogens with zero attached hydrogens (tertiary/aromatic N) is 2. The third-order valence-corrected chi connectivity index (χ3v) is 2.66. The molecule has 0 spiro atoms. The molecule has 1 amide bonds. The van der Waals surface area contributed by atoms with Crippen molar-refractivity contribution in [1.82, 2.24) is 4.98 Å². The number of pyridine rings is 1. The van der Waals surface area contributed by atoms with E-state index >= 15 is 0 Å². The lowest BCUT2D eigenvalue weighted by Gasteiger charge is -2.39. The second-order valence-corrected chi connectivity index (χ2v) is 4.70. The van der Waals surface area contributed by atoms with Crippen LogP contribution >= 0.6 is 0 Å². The van der Waals surface area contributed by atoms with Crippen LogP contribution in [0.2, 0.25) is 0 Å². The Balaban J connectivity index is 2.27. The summed E-state index contributed by atoms with van der Waals surface area (Å²) in [6.45, 7) is 4.18. The predicted molar refractivity (Wildman–Crippen MR) is 68.0 cm³/mol. The summed E-state index contributed by atoms with van der Waals surface area (Å²) in [7, 11) is 0. The van der Waals surface area contributed by atoms with Gasteiger partial charge in [0.1, 0.15) is 11.5 Å². The average Bonchev–Trinajstić information content (AvgIpc) is 2.28. The molecule has 1 aromatic heterocycles. The first-order valence-electron chi connectivity index (χ1n) is 5.68. The number of aromatic nitrogens is 1. The second-order valence-electron chi connectivity index (χ2n) is 4.70. The van der Waals surface area contributed by atoms with Gasteiger partial charge in [0.2, 0.25) is 5.91 Å². The fraction of sp³-hybridized carbons (Fsp3) is 0.455. The molecule has 0 unspecified atom stereocenters. The van der Waals surface area contributed by atoms with Crippen LogP contribution in [0.3, 0.4) is 0 Å². The molecule has 0 aliphatic carbocycles. The second kappa shape index (κ2) is 4.81. The summed E-state index contributed by atoms with van der Waals surface area (Å²) in [5.41, 5.74) is -0.140. The largest absolute Gasteiger partial charge is 0.376 e. The van der Waals surface area contributed by atoms with E-state index < -0.39 is 4.92 Å². The lowest BCUT2D eigenvalue weighted by atomic mass is 10.0. The van der Waals surface area contributed by atoms with Gasteiger partial charge in [-0.1, -0.05) is 0 Å². The van der Waals surface area contributed by atoms with Crippen LogP contribution in [0.5, 0.6) is 0 Å². The van der Waals surface area contributed by atoms with E-state index in [1.54, 1.807) is 0 Å². The summed E-state index contributed by atoms with van der Waals surface area (Å²) in [6.07, 6.45) is 1.34. The van der Waals surface area contributed by atoms with Crippen LogP contribution in [0.15, 0.2) is 12.3 Å². The van der Waals surface area contributed by atoms with Crippen molar-refractivity contribution in [3.05, 3.63) is 22.4 Å². The van der Waals surface area contributed by atoms with Crippen molar-refractivity contribution in [3.8, 4) is 0 Å². The van der Waals surface area contributed by atoms with E-state index in [0.717, 1.165) is 0 Å². The number of anilines is 2. The van der Waals surface area contributed by atoms with Crippen molar-refractivity contribution in [2.45, 2.75) is 19.4 Å². The van der Waals surface area contributed by atoms with Gasteiger partial charge in [-0.3, -0.25) is 14.9 Å². The van der Waals surface area contributed by atoms with Crippen molar-refractivity contribution < 1.29 is 14.5 Å². The predicted octanol–water partition coefficient (Wildman–Crippen LogP) is 1.15. The third kappa shape index (κ3) is 2.97. The van der Waals surface area contributed by atoms with Gasteiger partial charge in [-0.05, 0) is 6.92 Å². The van der Waals surface area contributed by atoms with Crippen molar-refractivity contribution in [1.29, 1.82) is 0 Å². The van der Waals surface area contributed by atoms with Crippen LogP contribution in [-0.4, -0.2) is 34.6 Å². The fourth-order valence-corrected chi connectivity index (χ4v) is 1.75. The maximum atomic E-state index is 11.0. The molecule has 1 aliphatic rings. The molecule has 0 bridgehead atoms. The molecular formula is C11H14N4O4. The number of ether oxygens (including phenoxy) is 1. The zero-order valence-electron chi connectivity index (χ0n) is 10.6. The highest BCUT2D eigenvalue weighted by atomic mass is 16.6. The number of hydrogen-bond acceptors (Lipinski definition) is 6. The van der Waals surface area contributed by atoms with Crippen LogP contribution in [0.25, 0.3) is 0 Å². The molecule has 1 fully saturated rings. The summed E-state index contributed by atoms with van der Waals surface area (Å²) >= 11 is 0. The molecule has 0 saturated carbocycles. The van der Waals surface area contributed by atoms with Gasteiger partial charge >= 0.3 is 0 Å². The normalized spacial score (nSPS) is 16.3. The minimum Gasteiger partial charge on any atom is -0.376 e. The molecular weight excluding hydrogens is 252 g/mol. The minimum absolute atomic E-state index is 0.133. The molecule has 0 atom stereocenters. The molecule has 1 aromatic rings. The Bertz CT molecular complexity index is 527.